The minimum Gasteiger partial charge on any atom is -0.462 e. The van der Waals surface area contributed by atoms with Crippen LogP contribution in [0.5, 0.6) is 0 Å². The summed E-state index contributed by atoms with van der Waals surface area (Å²) >= 11 is 0. The van der Waals surface area contributed by atoms with Gasteiger partial charge in [-0.1, -0.05) is 348 Å². The van der Waals surface area contributed by atoms with Gasteiger partial charge in [-0.05, 0) is 57.3 Å². The Balaban J connectivity index is 5.29. The first-order valence-electron chi connectivity index (χ1n) is 41.0. The fourth-order valence-corrected chi connectivity index (χ4v) is 13.4. The van der Waals surface area contributed by atoms with Gasteiger partial charge in [-0.2, -0.15) is 0 Å². The number of phosphoric ester groups is 2. The monoisotopic (exact) mass is 1450 g/mol. The molecule has 19 heteroatoms. The summed E-state index contributed by atoms with van der Waals surface area (Å²) in [5.41, 5.74) is 0. The van der Waals surface area contributed by atoms with Crippen molar-refractivity contribution in [2.45, 2.75) is 419 Å². The molecule has 0 saturated heterocycles. The molecule has 0 amide bonds. The number of carbonyl (C=O) groups is 4. The molecule has 0 aromatic heterocycles. The van der Waals surface area contributed by atoms with Crippen LogP contribution in [-0.2, 0) is 65.4 Å². The lowest BCUT2D eigenvalue weighted by atomic mass is 10.0. The Morgan fingerprint density at radius 1 is 0.313 bits per heavy atom. The van der Waals surface area contributed by atoms with Gasteiger partial charge in [0.25, 0.3) is 0 Å². The third kappa shape index (κ3) is 73.6. The number of aliphatic hydroxyl groups excluding tert-OH is 1. The zero-order valence-corrected chi connectivity index (χ0v) is 65.9. The molecule has 0 aliphatic rings. The molecular formula is C80H152O17P2. The van der Waals surface area contributed by atoms with Gasteiger partial charge in [0.15, 0.2) is 12.2 Å². The highest BCUT2D eigenvalue weighted by atomic mass is 31.2. The molecule has 0 saturated carbocycles. The van der Waals surface area contributed by atoms with Gasteiger partial charge in [0.2, 0.25) is 0 Å². The molecule has 17 nitrogen and oxygen atoms in total. The molecule has 0 aliphatic heterocycles. The number of unbranched alkanes of at least 4 members (excludes halogenated alkanes) is 47. The number of phosphoric acid groups is 2. The second kappa shape index (κ2) is 72.5. The SMILES string of the molecule is CCCCCC/C=C\C=C/CCCCCCCC(=O)OC[C@H](COP(=O)(O)OC[C@@H](O)COP(=O)(O)OC[C@@H](COC(=O)CCCCCCCCCCCCCCC)OC(=O)CCCCCCCCCCCCCCC)OC(=O)CCCCCCCCCCCCCCCCCC(C)C. The molecule has 0 fully saturated rings. The van der Waals surface area contributed by atoms with Crippen LogP contribution in [-0.4, -0.2) is 96.7 Å². The van der Waals surface area contributed by atoms with Crippen LogP contribution in [0, 0.1) is 5.92 Å². The number of aliphatic hydroxyl groups is 1. The Bertz CT molecular complexity index is 1990. The molecule has 0 spiro atoms. The summed E-state index contributed by atoms with van der Waals surface area (Å²) in [4.78, 5) is 73.0. The summed E-state index contributed by atoms with van der Waals surface area (Å²) in [7, 11) is -9.93. The van der Waals surface area contributed by atoms with Crippen molar-refractivity contribution in [1.82, 2.24) is 0 Å². The standard InChI is InChI=1S/C80H152O17P2/c1-6-9-12-15-18-21-24-27-29-35-39-44-49-54-59-64-78(83)91-70-76(97-80(85)66-61-56-51-46-41-36-31-28-30-34-37-42-47-52-57-62-73(4)5)72-95-99(88,89)93-68-74(81)67-92-98(86,87)94-71-75(96-79(84)65-60-55-50-45-40-33-26-23-20-17-14-11-8-3)69-90-77(82)63-58-53-48-43-38-32-25-22-19-16-13-10-7-2/h21,24,27,29,73-76,81H,6-20,22-23,25-26,28,30-72H2,1-5H3,(H,86,87)(H,88,89)/b24-21-,29-27-/t74-,75+,76+/m0/s1. The molecular weight excluding hydrogens is 1290 g/mol. The third-order valence-corrected chi connectivity index (χ3v) is 20.1. The topological polar surface area (TPSA) is 237 Å². The maximum atomic E-state index is 13.1. The van der Waals surface area contributed by atoms with E-state index in [0.29, 0.717) is 25.7 Å². The first kappa shape index (κ1) is 96.5. The van der Waals surface area contributed by atoms with Gasteiger partial charge < -0.3 is 33.8 Å². The lowest BCUT2D eigenvalue weighted by molar-refractivity contribution is -0.161. The van der Waals surface area contributed by atoms with Gasteiger partial charge in [-0.15, -0.1) is 0 Å². The van der Waals surface area contributed by atoms with Crippen molar-refractivity contribution in [2.75, 3.05) is 39.6 Å². The lowest BCUT2D eigenvalue weighted by Gasteiger charge is -2.21. The number of hydrogen-bond acceptors (Lipinski definition) is 15. The molecule has 3 N–H and O–H groups in total. The van der Waals surface area contributed by atoms with E-state index in [0.717, 1.165) is 115 Å². The van der Waals surface area contributed by atoms with E-state index in [1.165, 1.54) is 205 Å². The van der Waals surface area contributed by atoms with Gasteiger partial charge in [-0.25, -0.2) is 9.13 Å². The van der Waals surface area contributed by atoms with Crippen LogP contribution < -0.4 is 0 Å². The van der Waals surface area contributed by atoms with E-state index in [1.807, 2.05) is 0 Å². The summed E-state index contributed by atoms with van der Waals surface area (Å²) < 4.78 is 68.7. The van der Waals surface area contributed by atoms with Crippen LogP contribution >= 0.6 is 15.6 Å². The predicted molar refractivity (Wildman–Crippen MR) is 404 cm³/mol. The van der Waals surface area contributed by atoms with E-state index in [1.54, 1.807) is 0 Å². The Labute approximate surface area is 605 Å². The lowest BCUT2D eigenvalue weighted by Crippen LogP contribution is -2.30. The van der Waals surface area contributed by atoms with Crippen LogP contribution in [0.1, 0.15) is 401 Å². The van der Waals surface area contributed by atoms with Crippen LogP contribution in [0.15, 0.2) is 24.3 Å². The molecule has 2 unspecified atom stereocenters. The van der Waals surface area contributed by atoms with Crippen molar-refractivity contribution in [2.24, 2.45) is 5.92 Å². The number of carbonyl (C=O) groups excluding carboxylic acids is 4. The highest BCUT2D eigenvalue weighted by Crippen LogP contribution is 2.45. The normalized spacial score (nSPS) is 14.0. The van der Waals surface area contributed by atoms with Crippen LogP contribution in [0.3, 0.4) is 0 Å². The Morgan fingerprint density at radius 2 is 0.545 bits per heavy atom. The molecule has 5 atom stereocenters. The highest BCUT2D eigenvalue weighted by Gasteiger charge is 2.30. The van der Waals surface area contributed by atoms with Gasteiger partial charge in [0.1, 0.15) is 19.3 Å². The van der Waals surface area contributed by atoms with E-state index >= 15 is 0 Å². The van der Waals surface area contributed by atoms with E-state index in [-0.39, 0.29) is 25.7 Å². The van der Waals surface area contributed by atoms with Crippen LogP contribution in [0.25, 0.3) is 0 Å². The maximum Gasteiger partial charge on any atom is 0.472 e. The van der Waals surface area contributed by atoms with Gasteiger partial charge in [0.05, 0.1) is 26.4 Å². The minimum absolute atomic E-state index is 0.101. The van der Waals surface area contributed by atoms with Crippen LogP contribution in [0.2, 0.25) is 0 Å². The zero-order valence-electron chi connectivity index (χ0n) is 64.1. The van der Waals surface area contributed by atoms with Crippen molar-refractivity contribution in [3.63, 3.8) is 0 Å². The number of ether oxygens (including phenoxy) is 4. The van der Waals surface area contributed by atoms with E-state index in [2.05, 4.69) is 58.9 Å². The molecule has 99 heavy (non-hydrogen) atoms. The third-order valence-electron chi connectivity index (χ3n) is 18.2. The Kier molecular flexibility index (Phi) is 70.7. The number of allylic oxidation sites excluding steroid dienone is 4. The van der Waals surface area contributed by atoms with E-state index in [4.69, 9.17) is 37.0 Å². The van der Waals surface area contributed by atoms with Gasteiger partial charge in [-0.3, -0.25) is 37.3 Å². The summed E-state index contributed by atoms with van der Waals surface area (Å²) in [6.07, 6.45) is 65.8. The van der Waals surface area contributed by atoms with Crippen molar-refractivity contribution in [3.05, 3.63) is 24.3 Å². The number of rotatable bonds is 78. The quantitative estimate of drug-likeness (QED) is 0.0169. The average Bonchev–Trinajstić information content (AvgIpc) is 1.51. The van der Waals surface area contributed by atoms with Crippen molar-refractivity contribution < 1.29 is 80.2 Å². The van der Waals surface area contributed by atoms with Crippen molar-refractivity contribution >= 4 is 39.5 Å². The second-order valence-electron chi connectivity index (χ2n) is 28.6. The maximum absolute atomic E-state index is 13.1. The summed E-state index contributed by atoms with van der Waals surface area (Å²) in [5.74, 6) is -1.34. The number of esters is 4. The molecule has 0 heterocycles. The average molecular weight is 1450 g/mol. The molecule has 0 bridgehead atoms. The van der Waals surface area contributed by atoms with E-state index in [9.17, 15) is 43.2 Å². The molecule has 0 aromatic carbocycles. The number of hydrogen-bond donors (Lipinski definition) is 3. The fourth-order valence-electron chi connectivity index (χ4n) is 11.9. The first-order valence-corrected chi connectivity index (χ1v) is 43.9. The van der Waals surface area contributed by atoms with Crippen molar-refractivity contribution in [1.29, 1.82) is 0 Å². The van der Waals surface area contributed by atoms with Crippen LogP contribution in [0.4, 0.5) is 0 Å². The second-order valence-corrected chi connectivity index (χ2v) is 31.5. The van der Waals surface area contributed by atoms with Gasteiger partial charge >= 0.3 is 39.5 Å². The smallest absolute Gasteiger partial charge is 0.462 e. The van der Waals surface area contributed by atoms with Crippen molar-refractivity contribution in [3.8, 4) is 0 Å². The molecule has 584 valence electrons. The summed E-state index contributed by atoms with van der Waals surface area (Å²) in [6, 6.07) is 0. The minimum atomic E-state index is -4.97. The van der Waals surface area contributed by atoms with E-state index < -0.39 is 97.5 Å². The van der Waals surface area contributed by atoms with Gasteiger partial charge in [0, 0.05) is 25.7 Å². The predicted octanol–water partition coefficient (Wildman–Crippen LogP) is 23.6. The summed E-state index contributed by atoms with van der Waals surface area (Å²) in [5, 5.41) is 10.6. The first-order chi connectivity index (χ1) is 48.0. The highest BCUT2D eigenvalue weighted by molar-refractivity contribution is 7.47. The molecule has 0 radical (unpaired) electrons. The Morgan fingerprint density at radius 3 is 0.828 bits per heavy atom. The molecule has 0 rings (SSSR count). The molecule has 0 aromatic rings. The summed E-state index contributed by atoms with van der Waals surface area (Å²) in [6.45, 7) is 7.29. The largest absolute Gasteiger partial charge is 0.472 e. The zero-order chi connectivity index (χ0) is 72.7. The fraction of sp³-hybridized carbons (Fsp3) is 0.900. The molecule has 0 aliphatic carbocycles. The Hall–Kier alpha value is -2.46.